The third-order valence-electron chi connectivity index (χ3n) is 2.08. The van der Waals surface area contributed by atoms with Gasteiger partial charge in [0.2, 0.25) is 0 Å². The van der Waals surface area contributed by atoms with Gasteiger partial charge in [0.25, 0.3) is 0 Å². The van der Waals surface area contributed by atoms with Crippen molar-refractivity contribution in [2.45, 2.75) is 19.4 Å². The highest BCUT2D eigenvalue weighted by molar-refractivity contribution is 7.99. The molecule has 62 valence electrons. The average Bonchev–Trinajstić information content (AvgIpc) is 1.94. The standard InChI is InChI=1S/C8H14N2S/c1-8(2)7-11-6-5-10(8)4-3-9/h4-7H2,1-2H3. The molecule has 11 heavy (non-hydrogen) atoms. The van der Waals surface area contributed by atoms with E-state index in [9.17, 15) is 0 Å². The van der Waals surface area contributed by atoms with Gasteiger partial charge < -0.3 is 0 Å². The van der Waals surface area contributed by atoms with Crippen LogP contribution in [0.2, 0.25) is 0 Å². The minimum atomic E-state index is 0.221. The highest BCUT2D eigenvalue weighted by atomic mass is 32.2. The predicted molar refractivity (Wildman–Crippen MR) is 48.6 cm³/mol. The normalized spacial score (nSPS) is 24.5. The molecular formula is C8H14N2S. The number of hydrogen-bond acceptors (Lipinski definition) is 3. The van der Waals surface area contributed by atoms with Crippen LogP contribution >= 0.6 is 11.8 Å². The first-order valence-electron chi connectivity index (χ1n) is 3.86. The van der Waals surface area contributed by atoms with Crippen LogP contribution in [0.4, 0.5) is 0 Å². The molecule has 1 saturated heterocycles. The largest absolute Gasteiger partial charge is 0.284 e. The molecule has 0 unspecified atom stereocenters. The monoisotopic (exact) mass is 170 g/mol. The Balaban J connectivity index is 2.54. The van der Waals surface area contributed by atoms with E-state index in [1.807, 2.05) is 11.8 Å². The lowest BCUT2D eigenvalue weighted by Crippen LogP contribution is -2.50. The van der Waals surface area contributed by atoms with E-state index in [4.69, 9.17) is 5.26 Å². The van der Waals surface area contributed by atoms with Crippen LogP contribution in [0.1, 0.15) is 13.8 Å². The van der Waals surface area contributed by atoms with Crippen molar-refractivity contribution < 1.29 is 0 Å². The Bertz CT molecular complexity index is 171. The quantitative estimate of drug-likeness (QED) is 0.556. The van der Waals surface area contributed by atoms with Gasteiger partial charge in [-0.25, -0.2) is 0 Å². The van der Waals surface area contributed by atoms with Gasteiger partial charge in [-0.1, -0.05) is 0 Å². The zero-order valence-corrected chi connectivity index (χ0v) is 7.95. The Kier molecular flexibility index (Phi) is 2.80. The smallest absolute Gasteiger partial charge is 0.0870 e. The van der Waals surface area contributed by atoms with E-state index in [1.54, 1.807) is 0 Å². The molecule has 0 bridgehead atoms. The van der Waals surface area contributed by atoms with Gasteiger partial charge in [0.1, 0.15) is 0 Å². The van der Waals surface area contributed by atoms with E-state index in [-0.39, 0.29) is 5.54 Å². The Morgan fingerprint density at radius 3 is 2.91 bits per heavy atom. The SMILES string of the molecule is CC1(C)CSCCN1CC#N. The van der Waals surface area contributed by atoms with Gasteiger partial charge >= 0.3 is 0 Å². The van der Waals surface area contributed by atoms with Gasteiger partial charge in [-0.2, -0.15) is 17.0 Å². The minimum Gasteiger partial charge on any atom is -0.284 e. The zero-order chi connectivity index (χ0) is 8.32. The summed E-state index contributed by atoms with van der Waals surface area (Å²) >= 11 is 1.98. The lowest BCUT2D eigenvalue weighted by Gasteiger charge is -2.40. The second-order valence-corrected chi connectivity index (χ2v) is 4.55. The number of nitrogens with zero attached hydrogens (tertiary/aromatic N) is 2. The molecule has 0 N–H and O–H groups in total. The first-order valence-corrected chi connectivity index (χ1v) is 5.02. The Morgan fingerprint density at radius 2 is 2.36 bits per heavy atom. The summed E-state index contributed by atoms with van der Waals surface area (Å²) in [6.07, 6.45) is 0. The summed E-state index contributed by atoms with van der Waals surface area (Å²) in [4.78, 5) is 2.25. The maximum atomic E-state index is 8.55. The molecule has 1 aliphatic heterocycles. The van der Waals surface area contributed by atoms with Crippen molar-refractivity contribution in [1.82, 2.24) is 4.90 Å². The van der Waals surface area contributed by atoms with Gasteiger partial charge in [0.15, 0.2) is 0 Å². The van der Waals surface area contributed by atoms with Crippen LogP contribution < -0.4 is 0 Å². The molecule has 0 spiro atoms. The molecule has 1 fully saturated rings. The highest BCUT2D eigenvalue weighted by Gasteiger charge is 2.29. The van der Waals surface area contributed by atoms with Crippen molar-refractivity contribution in [2.75, 3.05) is 24.6 Å². The molecule has 0 atom stereocenters. The maximum Gasteiger partial charge on any atom is 0.0870 e. The second kappa shape index (κ2) is 3.46. The summed E-state index contributed by atoms with van der Waals surface area (Å²) in [7, 11) is 0. The van der Waals surface area contributed by atoms with Crippen molar-refractivity contribution in [3.05, 3.63) is 0 Å². The molecular weight excluding hydrogens is 156 g/mol. The van der Waals surface area contributed by atoms with Gasteiger partial charge in [-0.3, -0.25) is 4.90 Å². The molecule has 0 radical (unpaired) electrons. The first-order chi connectivity index (χ1) is 5.17. The van der Waals surface area contributed by atoms with Crippen molar-refractivity contribution in [1.29, 1.82) is 5.26 Å². The number of rotatable bonds is 1. The third kappa shape index (κ3) is 2.11. The average molecular weight is 170 g/mol. The molecule has 0 saturated carbocycles. The van der Waals surface area contributed by atoms with Gasteiger partial charge in [0, 0.05) is 23.6 Å². The summed E-state index contributed by atoms with van der Waals surface area (Å²) in [6.45, 7) is 6.05. The van der Waals surface area contributed by atoms with Crippen LogP contribution in [-0.4, -0.2) is 35.0 Å². The van der Waals surface area contributed by atoms with E-state index >= 15 is 0 Å². The third-order valence-corrected chi connectivity index (χ3v) is 3.46. The van der Waals surface area contributed by atoms with Crippen molar-refractivity contribution >= 4 is 11.8 Å². The van der Waals surface area contributed by atoms with Crippen LogP contribution in [-0.2, 0) is 0 Å². The lowest BCUT2D eigenvalue weighted by atomic mass is 10.1. The Labute approximate surface area is 72.6 Å². The first kappa shape index (κ1) is 8.89. The van der Waals surface area contributed by atoms with E-state index < -0.39 is 0 Å². The number of thioether (sulfide) groups is 1. The fourth-order valence-corrected chi connectivity index (χ4v) is 2.44. The van der Waals surface area contributed by atoms with Crippen molar-refractivity contribution in [3.8, 4) is 6.07 Å². The molecule has 2 nitrogen and oxygen atoms in total. The van der Waals surface area contributed by atoms with Crippen LogP contribution in [0, 0.1) is 11.3 Å². The van der Waals surface area contributed by atoms with Crippen molar-refractivity contribution in [3.63, 3.8) is 0 Å². The van der Waals surface area contributed by atoms with Crippen molar-refractivity contribution in [2.24, 2.45) is 0 Å². The molecule has 0 aromatic carbocycles. The van der Waals surface area contributed by atoms with E-state index in [0.29, 0.717) is 6.54 Å². The van der Waals surface area contributed by atoms with Gasteiger partial charge in [0.05, 0.1) is 12.6 Å². The summed E-state index contributed by atoms with van der Waals surface area (Å²) in [5.41, 5.74) is 0.221. The van der Waals surface area contributed by atoms with E-state index in [2.05, 4.69) is 24.8 Å². The Morgan fingerprint density at radius 1 is 1.64 bits per heavy atom. The number of hydrogen-bond donors (Lipinski definition) is 0. The van der Waals surface area contributed by atoms with Gasteiger partial charge in [-0.15, -0.1) is 0 Å². The van der Waals surface area contributed by atoms with Crippen LogP contribution in [0.15, 0.2) is 0 Å². The molecule has 3 heteroatoms. The number of nitriles is 1. The molecule has 0 aliphatic carbocycles. The second-order valence-electron chi connectivity index (χ2n) is 3.44. The van der Waals surface area contributed by atoms with Crippen LogP contribution in [0.25, 0.3) is 0 Å². The summed E-state index contributed by atoms with van der Waals surface area (Å²) in [5, 5.41) is 8.55. The van der Waals surface area contributed by atoms with Crippen LogP contribution in [0.5, 0.6) is 0 Å². The molecule has 1 rings (SSSR count). The molecule has 0 aromatic heterocycles. The van der Waals surface area contributed by atoms with E-state index in [1.165, 1.54) is 5.75 Å². The summed E-state index contributed by atoms with van der Waals surface area (Å²) in [5.74, 6) is 2.32. The lowest BCUT2D eigenvalue weighted by molar-refractivity contribution is 0.165. The molecule has 1 aliphatic rings. The fourth-order valence-electron chi connectivity index (χ4n) is 1.27. The predicted octanol–water partition coefficient (Wildman–Crippen LogP) is 1.34. The highest BCUT2D eigenvalue weighted by Crippen LogP contribution is 2.24. The minimum absolute atomic E-state index is 0.221. The molecule has 1 heterocycles. The van der Waals surface area contributed by atoms with E-state index in [0.717, 1.165) is 12.3 Å². The fraction of sp³-hybridized carbons (Fsp3) is 0.875. The summed E-state index contributed by atoms with van der Waals surface area (Å²) < 4.78 is 0. The van der Waals surface area contributed by atoms with Gasteiger partial charge in [-0.05, 0) is 13.8 Å². The maximum absolute atomic E-state index is 8.55. The topological polar surface area (TPSA) is 27.0 Å². The zero-order valence-electron chi connectivity index (χ0n) is 7.13. The molecule has 0 amide bonds. The Hall–Kier alpha value is -0.200. The molecule has 0 aromatic rings. The van der Waals surface area contributed by atoms with Crippen LogP contribution in [0.3, 0.4) is 0 Å². The summed E-state index contributed by atoms with van der Waals surface area (Å²) in [6, 6.07) is 2.21.